The van der Waals surface area contributed by atoms with Gasteiger partial charge < -0.3 is 10.2 Å². The predicted molar refractivity (Wildman–Crippen MR) is 108 cm³/mol. The number of hydrogen-bond acceptors (Lipinski definition) is 3. The molecule has 1 aromatic heterocycles. The lowest BCUT2D eigenvalue weighted by Gasteiger charge is -2.27. The summed E-state index contributed by atoms with van der Waals surface area (Å²) < 4.78 is 0. The molecule has 2 aromatic rings. The number of thiophene rings is 1. The molecule has 1 aliphatic carbocycles. The van der Waals surface area contributed by atoms with Crippen LogP contribution in [0.3, 0.4) is 0 Å². The van der Waals surface area contributed by atoms with Crippen molar-refractivity contribution in [3.8, 4) is 0 Å². The van der Waals surface area contributed by atoms with Gasteiger partial charge in [0, 0.05) is 29.6 Å². The Morgan fingerprint density at radius 3 is 2.59 bits per heavy atom. The van der Waals surface area contributed by atoms with Gasteiger partial charge in [0.1, 0.15) is 0 Å². The summed E-state index contributed by atoms with van der Waals surface area (Å²) in [5.74, 6) is 0.123. The van der Waals surface area contributed by atoms with Crippen LogP contribution < -0.4 is 5.32 Å². The highest BCUT2D eigenvalue weighted by molar-refractivity contribution is 7.14. The molecule has 27 heavy (non-hydrogen) atoms. The van der Waals surface area contributed by atoms with Crippen LogP contribution in [0.15, 0.2) is 30.3 Å². The van der Waals surface area contributed by atoms with E-state index in [9.17, 15) is 9.59 Å². The Kier molecular flexibility index (Phi) is 5.30. The summed E-state index contributed by atoms with van der Waals surface area (Å²) in [6.45, 7) is 3.33. The highest BCUT2D eigenvalue weighted by Gasteiger charge is 2.26. The van der Waals surface area contributed by atoms with Gasteiger partial charge in [-0.05, 0) is 49.9 Å². The number of amides is 2. The smallest absolute Gasteiger partial charge is 0.261 e. The Labute approximate surface area is 164 Å². The van der Waals surface area contributed by atoms with Crippen molar-refractivity contribution in [2.24, 2.45) is 0 Å². The van der Waals surface area contributed by atoms with Crippen LogP contribution in [0.5, 0.6) is 0 Å². The van der Waals surface area contributed by atoms with Gasteiger partial charge >= 0.3 is 0 Å². The third kappa shape index (κ3) is 4.08. The normalized spacial score (nSPS) is 17.4. The number of nitrogens with one attached hydrogen (secondary N) is 1. The Hall–Kier alpha value is -2.14. The summed E-state index contributed by atoms with van der Waals surface area (Å²) in [6.07, 6.45) is 6.72. The first-order chi connectivity index (χ1) is 13.1. The summed E-state index contributed by atoms with van der Waals surface area (Å²) >= 11 is 1.59. The number of carbonyl (C=O) groups is 2. The quantitative estimate of drug-likeness (QED) is 0.860. The summed E-state index contributed by atoms with van der Waals surface area (Å²) in [5, 5.41) is 3.20. The Bertz CT molecular complexity index is 834. The summed E-state index contributed by atoms with van der Waals surface area (Å²) in [7, 11) is 0. The lowest BCUT2D eigenvalue weighted by atomic mass is 9.95. The van der Waals surface area contributed by atoms with E-state index in [1.54, 1.807) is 11.3 Å². The monoisotopic (exact) mass is 382 g/mol. The molecule has 5 heteroatoms. The summed E-state index contributed by atoms with van der Waals surface area (Å²) in [5.41, 5.74) is 3.01. The van der Waals surface area contributed by atoms with E-state index in [0.29, 0.717) is 19.1 Å². The lowest BCUT2D eigenvalue weighted by molar-refractivity contribution is 0.0736. The van der Waals surface area contributed by atoms with E-state index in [1.807, 2.05) is 42.2 Å². The number of hydrogen-bond donors (Lipinski definition) is 1. The molecule has 2 heterocycles. The fraction of sp³-hybridized carbons (Fsp3) is 0.455. The fourth-order valence-electron chi connectivity index (χ4n) is 4.00. The van der Waals surface area contributed by atoms with Crippen molar-refractivity contribution in [3.63, 3.8) is 0 Å². The van der Waals surface area contributed by atoms with E-state index < -0.39 is 0 Å². The topological polar surface area (TPSA) is 49.4 Å². The van der Waals surface area contributed by atoms with Crippen molar-refractivity contribution in [2.45, 2.75) is 58.0 Å². The van der Waals surface area contributed by atoms with Gasteiger partial charge in [-0.1, -0.05) is 37.0 Å². The molecule has 0 bridgehead atoms. The molecule has 4 rings (SSSR count). The largest absolute Gasteiger partial charge is 0.349 e. The van der Waals surface area contributed by atoms with Gasteiger partial charge in [0.2, 0.25) is 0 Å². The predicted octanol–water partition coefficient (Wildman–Crippen LogP) is 4.32. The van der Waals surface area contributed by atoms with E-state index in [1.165, 1.54) is 24.1 Å². The van der Waals surface area contributed by atoms with Gasteiger partial charge in [-0.15, -0.1) is 11.3 Å². The van der Waals surface area contributed by atoms with Crippen molar-refractivity contribution in [1.29, 1.82) is 0 Å². The van der Waals surface area contributed by atoms with Crippen LogP contribution in [0.4, 0.5) is 0 Å². The van der Waals surface area contributed by atoms with Crippen LogP contribution in [0.25, 0.3) is 0 Å². The van der Waals surface area contributed by atoms with Crippen molar-refractivity contribution in [2.75, 3.05) is 6.54 Å². The molecule has 1 aliphatic heterocycles. The number of benzene rings is 1. The first kappa shape index (κ1) is 18.2. The second-order valence-electron chi connectivity index (χ2n) is 7.71. The van der Waals surface area contributed by atoms with Crippen LogP contribution in [0.2, 0.25) is 0 Å². The molecule has 1 saturated carbocycles. The minimum absolute atomic E-state index is 0.0534. The first-order valence-electron chi connectivity index (χ1n) is 9.88. The molecule has 0 saturated heterocycles. The molecule has 0 atom stereocenters. The highest BCUT2D eigenvalue weighted by atomic mass is 32.1. The molecule has 0 spiro atoms. The van der Waals surface area contributed by atoms with Crippen LogP contribution in [-0.2, 0) is 13.0 Å². The zero-order valence-corrected chi connectivity index (χ0v) is 16.6. The van der Waals surface area contributed by atoms with Crippen LogP contribution in [0, 0.1) is 6.92 Å². The molecule has 1 fully saturated rings. The molecule has 2 amide bonds. The lowest BCUT2D eigenvalue weighted by Crippen LogP contribution is -2.35. The number of nitrogens with zero attached hydrogens (tertiary/aromatic N) is 1. The maximum atomic E-state index is 12.8. The minimum Gasteiger partial charge on any atom is -0.349 e. The number of carbonyl (C=O) groups excluding carboxylic acids is 2. The molecule has 0 unspecified atom stereocenters. The second-order valence-corrected chi connectivity index (χ2v) is 8.85. The van der Waals surface area contributed by atoms with E-state index in [0.717, 1.165) is 40.8 Å². The third-order valence-corrected chi connectivity index (χ3v) is 6.85. The van der Waals surface area contributed by atoms with Crippen molar-refractivity contribution in [1.82, 2.24) is 10.2 Å². The van der Waals surface area contributed by atoms with Gasteiger partial charge in [-0.2, -0.15) is 0 Å². The zero-order valence-electron chi connectivity index (χ0n) is 15.8. The van der Waals surface area contributed by atoms with Crippen molar-refractivity contribution >= 4 is 23.2 Å². The molecule has 1 aromatic carbocycles. The van der Waals surface area contributed by atoms with Gasteiger partial charge in [0.05, 0.1) is 4.88 Å². The molecular formula is C22H26N2O2S. The van der Waals surface area contributed by atoms with E-state index in [4.69, 9.17) is 0 Å². The van der Waals surface area contributed by atoms with Crippen molar-refractivity contribution < 1.29 is 9.59 Å². The van der Waals surface area contributed by atoms with Gasteiger partial charge in [0.25, 0.3) is 11.8 Å². The molecule has 0 radical (unpaired) electrons. The Morgan fingerprint density at radius 2 is 1.85 bits per heavy atom. The number of aryl methyl sites for hydroxylation is 1. The number of fused-ring (bicyclic) bond motifs is 1. The summed E-state index contributed by atoms with van der Waals surface area (Å²) in [6, 6.07) is 10.0. The highest BCUT2D eigenvalue weighted by Crippen LogP contribution is 2.29. The van der Waals surface area contributed by atoms with Gasteiger partial charge in [-0.3, -0.25) is 9.59 Å². The van der Waals surface area contributed by atoms with E-state index >= 15 is 0 Å². The fourth-order valence-corrected chi connectivity index (χ4v) is 5.07. The van der Waals surface area contributed by atoms with E-state index in [2.05, 4.69) is 5.32 Å². The van der Waals surface area contributed by atoms with Gasteiger partial charge in [0.15, 0.2) is 0 Å². The average Bonchev–Trinajstić information content (AvgIpc) is 3.12. The van der Waals surface area contributed by atoms with E-state index in [-0.39, 0.29) is 11.8 Å². The standard InChI is InChI=1S/C22H26N2O2S/c1-15-7-9-16(10-8-15)22(26)24-12-11-19-17(14-24)13-20(27-19)21(25)23-18-5-3-2-4-6-18/h7-10,13,18H,2-6,11-12,14H2,1H3,(H,23,25). The molecular weight excluding hydrogens is 356 g/mol. The first-order valence-corrected chi connectivity index (χ1v) is 10.7. The molecule has 142 valence electrons. The maximum Gasteiger partial charge on any atom is 0.261 e. The SMILES string of the molecule is Cc1ccc(C(=O)N2CCc3sc(C(=O)NC4CCCCC4)cc3C2)cc1. The molecule has 2 aliphatic rings. The average molecular weight is 383 g/mol. The van der Waals surface area contributed by atoms with Crippen molar-refractivity contribution in [3.05, 3.63) is 56.8 Å². The Balaban J connectivity index is 1.43. The second kappa shape index (κ2) is 7.85. The third-order valence-electron chi connectivity index (χ3n) is 5.62. The summed E-state index contributed by atoms with van der Waals surface area (Å²) in [4.78, 5) is 29.3. The van der Waals surface area contributed by atoms with Crippen LogP contribution >= 0.6 is 11.3 Å². The van der Waals surface area contributed by atoms with Crippen LogP contribution in [0.1, 0.15) is 68.1 Å². The van der Waals surface area contributed by atoms with Crippen LogP contribution in [-0.4, -0.2) is 29.3 Å². The minimum atomic E-state index is 0.0534. The molecule has 4 nitrogen and oxygen atoms in total. The molecule has 1 N–H and O–H groups in total. The zero-order chi connectivity index (χ0) is 18.8. The van der Waals surface area contributed by atoms with Gasteiger partial charge in [-0.25, -0.2) is 0 Å². The maximum absolute atomic E-state index is 12.8. The Morgan fingerprint density at radius 1 is 1.11 bits per heavy atom. The number of rotatable bonds is 3.